The van der Waals surface area contributed by atoms with Gasteiger partial charge in [0, 0.05) is 35.6 Å². The second kappa shape index (κ2) is 14.5. The van der Waals surface area contributed by atoms with Gasteiger partial charge < -0.3 is 24.3 Å². The van der Waals surface area contributed by atoms with E-state index in [0.717, 1.165) is 36.0 Å². The highest BCUT2D eigenvalue weighted by Gasteiger charge is 2.19. The van der Waals surface area contributed by atoms with Gasteiger partial charge >= 0.3 is 0 Å². The fourth-order valence-corrected chi connectivity index (χ4v) is 4.28. The first-order chi connectivity index (χ1) is 18.5. The molecular formula is C31H36N2O5. The van der Waals surface area contributed by atoms with E-state index < -0.39 is 0 Å². The average molecular weight is 517 g/mol. The molecule has 1 heterocycles. The summed E-state index contributed by atoms with van der Waals surface area (Å²) in [5.41, 5.74) is 3.55. The Labute approximate surface area is 225 Å². The van der Waals surface area contributed by atoms with E-state index in [-0.39, 0.29) is 11.9 Å². The number of aromatic nitrogens is 1. The molecule has 2 aromatic carbocycles. The molecule has 0 saturated heterocycles. The number of benzene rings is 2. The average Bonchev–Trinajstić information content (AvgIpc) is 2.94. The lowest BCUT2D eigenvalue weighted by molar-refractivity contribution is -0.117. The highest BCUT2D eigenvalue weighted by Crippen LogP contribution is 2.43. The number of amides is 1. The molecular weight excluding hydrogens is 480 g/mol. The predicted octanol–water partition coefficient (Wildman–Crippen LogP) is 5.63. The molecule has 0 radical (unpaired) electrons. The maximum atomic E-state index is 12.7. The molecule has 7 heteroatoms. The van der Waals surface area contributed by atoms with Crippen LogP contribution in [0.5, 0.6) is 23.0 Å². The minimum absolute atomic E-state index is 0.0456. The van der Waals surface area contributed by atoms with Crippen LogP contribution in [0.15, 0.2) is 79.2 Å². The van der Waals surface area contributed by atoms with Crippen LogP contribution in [0.3, 0.4) is 0 Å². The van der Waals surface area contributed by atoms with Crippen molar-refractivity contribution in [1.29, 1.82) is 0 Å². The Bertz CT molecular complexity index is 1200. The maximum absolute atomic E-state index is 12.7. The van der Waals surface area contributed by atoms with Crippen molar-refractivity contribution >= 4 is 11.5 Å². The minimum atomic E-state index is -0.162. The highest BCUT2D eigenvalue weighted by atomic mass is 16.5. The summed E-state index contributed by atoms with van der Waals surface area (Å²) in [5, 5.41) is 3.04. The predicted molar refractivity (Wildman–Crippen MR) is 150 cm³/mol. The summed E-state index contributed by atoms with van der Waals surface area (Å²) in [6.07, 6.45) is 11.5. The molecule has 0 aliphatic rings. The van der Waals surface area contributed by atoms with E-state index in [2.05, 4.69) is 16.4 Å². The third kappa shape index (κ3) is 7.38. The van der Waals surface area contributed by atoms with E-state index in [1.807, 2.05) is 61.7 Å². The second-order valence-corrected chi connectivity index (χ2v) is 8.68. The molecule has 1 amide bonds. The van der Waals surface area contributed by atoms with Crippen molar-refractivity contribution in [3.8, 4) is 23.0 Å². The molecule has 3 aromatic rings. The third-order valence-corrected chi connectivity index (χ3v) is 6.11. The Hall–Kier alpha value is -4.26. The number of pyridine rings is 1. The number of carbonyl (C=O) groups excluding carboxylic acids is 1. The molecule has 0 spiro atoms. The van der Waals surface area contributed by atoms with Crippen LogP contribution in [0.4, 0.5) is 0 Å². The van der Waals surface area contributed by atoms with E-state index in [1.54, 1.807) is 40.7 Å². The SMILES string of the molecule is COc1cccc(C(=C/C=C/C(=O)NC(C)CCCc2cccnc2)c2cccc(OC)c2OC)c1OC. The summed E-state index contributed by atoms with van der Waals surface area (Å²) in [5.74, 6) is 2.18. The largest absolute Gasteiger partial charge is 0.493 e. The lowest BCUT2D eigenvalue weighted by Crippen LogP contribution is -2.31. The smallest absolute Gasteiger partial charge is 0.244 e. The van der Waals surface area contributed by atoms with E-state index in [0.29, 0.717) is 23.0 Å². The summed E-state index contributed by atoms with van der Waals surface area (Å²) in [7, 11) is 6.39. The summed E-state index contributed by atoms with van der Waals surface area (Å²) >= 11 is 0. The molecule has 200 valence electrons. The first-order valence-electron chi connectivity index (χ1n) is 12.5. The van der Waals surface area contributed by atoms with Crippen molar-refractivity contribution in [3.63, 3.8) is 0 Å². The Morgan fingerprint density at radius 3 is 2.05 bits per heavy atom. The van der Waals surface area contributed by atoms with Crippen molar-refractivity contribution < 1.29 is 23.7 Å². The summed E-state index contributed by atoms with van der Waals surface area (Å²) in [6.45, 7) is 2.01. The van der Waals surface area contributed by atoms with Crippen LogP contribution in [0, 0.1) is 0 Å². The van der Waals surface area contributed by atoms with Crippen molar-refractivity contribution in [2.24, 2.45) is 0 Å². The van der Waals surface area contributed by atoms with Gasteiger partial charge in [-0.25, -0.2) is 0 Å². The Morgan fingerprint density at radius 1 is 0.895 bits per heavy atom. The van der Waals surface area contributed by atoms with Gasteiger partial charge in [0.05, 0.1) is 28.4 Å². The zero-order valence-electron chi connectivity index (χ0n) is 22.7. The van der Waals surface area contributed by atoms with Gasteiger partial charge in [0.2, 0.25) is 5.91 Å². The Morgan fingerprint density at radius 2 is 1.53 bits per heavy atom. The standard InChI is InChI=1S/C31H36N2O5/c1-22(11-6-12-23-13-10-20-32-21-23)33-29(34)19-9-14-24(25-15-7-17-27(35-2)30(25)37-4)26-16-8-18-28(36-3)31(26)38-5/h7-10,13-22H,6,11-12H2,1-5H3,(H,33,34)/b19-9+. The van der Waals surface area contributed by atoms with Crippen LogP contribution in [0.1, 0.15) is 36.5 Å². The van der Waals surface area contributed by atoms with Crippen LogP contribution in [0.2, 0.25) is 0 Å². The highest BCUT2D eigenvalue weighted by molar-refractivity contribution is 5.91. The number of ether oxygens (including phenoxy) is 4. The molecule has 1 unspecified atom stereocenters. The number of nitrogens with one attached hydrogen (secondary N) is 1. The van der Waals surface area contributed by atoms with E-state index in [9.17, 15) is 4.79 Å². The normalized spacial score (nSPS) is 11.5. The van der Waals surface area contributed by atoms with Gasteiger partial charge in [-0.2, -0.15) is 0 Å². The van der Waals surface area contributed by atoms with E-state index in [1.165, 1.54) is 11.6 Å². The third-order valence-electron chi connectivity index (χ3n) is 6.11. The van der Waals surface area contributed by atoms with Gasteiger partial charge in [-0.1, -0.05) is 42.5 Å². The first kappa shape index (κ1) is 28.3. The number of hydrogen-bond acceptors (Lipinski definition) is 6. The van der Waals surface area contributed by atoms with Gasteiger partial charge in [-0.3, -0.25) is 9.78 Å². The number of hydrogen-bond donors (Lipinski definition) is 1. The fraction of sp³-hybridized carbons (Fsp3) is 0.290. The van der Waals surface area contributed by atoms with Crippen molar-refractivity contribution in [2.45, 2.75) is 32.2 Å². The van der Waals surface area contributed by atoms with Gasteiger partial charge in [-0.15, -0.1) is 0 Å². The molecule has 3 rings (SSSR count). The Kier molecular flexibility index (Phi) is 10.8. The fourth-order valence-electron chi connectivity index (χ4n) is 4.28. The van der Waals surface area contributed by atoms with Crippen molar-refractivity contribution in [3.05, 3.63) is 95.8 Å². The maximum Gasteiger partial charge on any atom is 0.244 e. The monoisotopic (exact) mass is 516 g/mol. The molecule has 1 N–H and O–H groups in total. The number of allylic oxidation sites excluding steroid dienone is 2. The number of para-hydroxylation sites is 2. The topological polar surface area (TPSA) is 78.9 Å². The zero-order chi connectivity index (χ0) is 27.3. The molecule has 0 aliphatic carbocycles. The lowest BCUT2D eigenvalue weighted by atomic mass is 9.95. The van der Waals surface area contributed by atoms with Crippen LogP contribution in [-0.4, -0.2) is 45.4 Å². The molecule has 0 bridgehead atoms. The molecule has 7 nitrogen and oxygen atoms in total. The number of nitrogens with zero attached hydrogens (tertiary/aromatic N) is 1. The van der Waals surface area contributed by atoms with Crippen LogP contribution in [-0.2, 0) is 11.2 Å². The molecule has 0 saturated carbocycles. The summed E-state index contributed by atoms with van der Waals surface area (Å²) in [6, 6.07) is 15.4. The van der Waals surface area contributed by atoms with Crippen molar-refractivity contribution in [2.75, 3.05) is 28.4 Å². The van der Waals surface area contributed by atoms with Crippen LogP contribution >= 0.6 is 0 Å². The summed E-state index contributed by atoms with van der Waals surface area (Å²) in [4.78, 5) is 16.8. The van der Waals surface area contributed by atoms with Gasteiger partial charge in [-0.05, 0) is 55.5 Å². The first-order valence-corrected chi connectivity index (χ1v) is 12.5. The number of aryl methyl sites for hydroxylation is 1. The lowest BCUT2D eigenvalue weighted by Gasteiger charge is -2.18. The molecule has 38 heavy (non-hydrogen) atoms. The van der Waals surface area contributed by atoms with Crippen LogP contribution < -0.4 is 24.3 Å². The zero-order valence-corrected chi connectivity index (χ0v) is 22.7. The number of rotatable bonds is 13. The second-order valence-electron chi connectivity index (χ2n) is 8.68. The minimum Gasteiger partial charge on any atom is -0.493 e. The summed E-state index contributed by atoms with van der Waals surface area (Å²) < 4.78 is 22.4. The molecule has 0 fully saturated rings. The van der Waals surface area contributed by atoms with E-state index >= 15 is 0 Å². The quantitative estimate of drug-likeness (QED) is 0.234. The Balaban J connectivity index is 1.83. The van der Waals surface area contributed by atoms with Crippen molar-refractivity contribution in [1.82, 2.24) is 10.3 Å². The molecule has 1 atom stereocenters. The van der Waals surface area contributed by atoms with Crippen LogP contribution in [0.25, 0.3) is 5.57 Å². The molecule has 0 aliphatic heterocycles. The van der Waals surface area contributed by atoms with E-state index in [4.69, 9.17) is 18.9 Å². The molecule has 1 aromatic heterocycles. The van der Waals surface area contributed by atoms with Gasteiger partial charge in [0.25, 0.3) is 0 Å². The van der Waals surface area contributed by atoms with Gasteiger partial charge in [0.15, 0.2) is 23.0 Å². The number of methoxy groups -OCH3 is 4. The number of carbonyl (C=O) groups is 1. The van der Waals surface area contributed by atoms with Gasteiger partial charge in [0.1, 0.15) is 0 Å².